The largest absolute Gasteiger partial charge is 0.496 e. The number of ether oxygens (including phenoxy) is 2. The molecule has 0 aromatic heterocycles. The van der Waals surface area contributed by atoms with Gasteiger partial charge in [-0.05, 0) is 18.1 Å². The molecule has 1 aliphatic rings. The van der Waals surface area contributed by atoms with Crippen molar-refractivity contribution in [3.05, 3.63) is 23.3 Å². The van der Waals surface area contributed by atoms with Gasteiger partial charge in [0.25, 0.3) is 0 Å². The Kier molecular flexibility index (Phi) is 2.62. The fraction of sp³-hybridized carbons (Fsp3) is 0.462. The van der Waals surface area contributed by atoms with Crippen LogP contribution in [0.5, 0.6) is 11.5 Å². The average Bonchev–Trinajstić information content (AvgIpc) is 2.54. The lowest BCUT2D eigenvalue weighted by atomic mass is 9.95. The van der Waals surface area contributed by atoms with E-state index in [4.69, 9.17) is 9.47 Å². The van der Waals surface area contributed by atoms with Crippen molar-refractivity contribution in [2.24, 2.45) is 5.92 Å². The van der Waals surface area contributed by atoms with Crippen LogP contribution in [0.15, 0.2) is 12.1 Å². The summed E-state index contributed by atoms with van der Waals surface area (Å²) in [4.78, 5) is 12.1. The molecule has 0 N–H and O–H groups in total. The molecule has 0 heterocycles. The van der Waals surface area contributed by atoms with Gasteiger partial charge in [0.05, 0.1) is 19.8 Å². The minimum atomic E-state index is 0.000185. The highest BCUT2D eigenvalue weighted by Gasteiger charge is 2.38. The molecule has 1 aromatic carbocycles. The summed E-state index contributed by atoms with van der Waals surface area (Å²) < 4.78 is 10.6. The van der Waals surface area contributed by atoms with Gasteiger partial charge >= 0.3 is 0 Å². The third kappa shape index (κ3) is 1.31. The van der Waals surface area contributed by atoms with E-state index in [0.717, 1.165) is 11.3 Å². The number of ketones is 1. The number of benzene rings is 1. The first kappa shape index (κ1) is 11.0. The summed E-state index contributed by atoms with van der Waals surface area (Å²) in [6.45, 7) is 4.00. The van der Waals surface area contributed by atoms with E-state index < -0.39 is 0 Å². The van der Waals surface area contributed by atoms with Crippen LogP contribution in [0.3, 0.4) is 0 Å². The Morgan fingerprint density at radius 2 is 1.56 bits per heavy atom. The Labute approximate surface area is 95.4 Å². The highest BCUT2D eigenvalue weighted by Crippen LogP contribution is 2.46. The van der Waals surface area contributed by atoms with E-state index in [0.29, 0.717) is 11.3 Å². The van der Waals surface area contributed by atoms with Crippen molar-refractivity contribution in [1.82, 2.24) is 0 Å². The molecule has 0 amide bonds. The quantitative estimate of drug-likeness (QED) is 0.768. The lowest BCUT2D eigenvalue weighted by Crippen LogP contribution is -2.06. The van der Waals surface area contributed by atoms with Gasteiger partial charge in [0.2, 0.25) is 0 Å². The molecule has 1 aromatic rings. The molecule has 0 saturated heterocycles. The van der Waals surface area contributed by atoms with Gasteiger partial charge < -0.3 is 9.47 Å². The molecular weight excluding hydrogens is 204 g/mol. The smallest absolute Gasteiger partial charge is 0.170 e. The van der Waals surface area contributed by atoms with Crippen LogP contribution in [0.2, 0.25) is 0 Å². The maximum absolute atomic E-state index is 12.1. The first-order chi connectivity index (χ1) is 7.61. The van der Waals surface area contributed by atoms with E-state index >= 15 is 0 Å². The molecule has 0 saturated carbocycles. The van der Waals surface area contributed by atoms with E-state index in [1.807, 2.05) is 13.0 Å². The van der Waals surface area contributed by atoms with Crippen LogP contribution in [0.1, 0.15) is 35.7 Å². The monoisotopic (exact) mass is 220 g/mol. The summed E-state index contributed by atoms with van der Waals surface area (Å²) in [7, 11) is 3.21. The Morgan fingerprint density at radius 1 is 1.00 bits per heavy atom. The van der Waals surface area contributed by atoms with Crippen molar-refractivity contribution >= 4 is 5.78 Å². The van der Waals surface area contributed by atoms with E-state index in [1.54, 1.807) is 20.3 Å². The zero-order chi connectivity index (χ0) is 11.9. The zero-order valence-corrected chi connectivity index (χ0v) is 10.0. The van der Waals surface area contributed by atoms with Crippen LogP contribution >= 0.6 is 0 Å². The van der Waals surface area contributed by atoms with Gasteiger partial charge in [-0.2, -0.15) is 0 Å². The number of hydrogen-bond donors (Lipinski definition) is 0. The molecular formula is C13H16O3. The van der Waals surface area contributed by atoms with E-state index in [1.165, 1.54) is 0 Å². The average molecular weight is 220 g/mol. The molecule has 86 valence electrons. The fourth-order valence-corrected chi connectivity index (χ4v) is 2.34. The topological polar surface area (TPSA) is 35.5 Å². The number of carbonyl (C=O) groups excluding carboxylic acids is 1. The highest BCUT2D eigenvalue weighted by molar-refractivity contribution is 6.06. The van der Waals surface area contributed by atoms with Crippen molar-refractivity contribution in [3.8, 4) is 11.5 Å². The number of hydrogen-bond acceptors (Lipinski definition) is 3. The van der Waals surface area contributed by atoms with Crippen LogP contribution in [0.4, 0.5) is 0 Å². The summed E-state index contributed by atoms with van der Waals surface area (Å²) in [5.41, 5.74) is 1.68. The summed E-state index contributed by atoms with van der Waals surface area (Å²) in [6.07, 6.45) is 0. The minimum Gasteiger partial charge on any atom is -0.496 e. The highest BCUT2D eigenvalue weighted by atomic mass is 16.5. The molecule has 1 aliphatic carbocycles. The van der Waals surface area contributed by atoms with E-state index in [2.05, 4.69) is 6.92 Å². The third-order valence-electron chi connectivity index (χ3n) is 3.47. The molecule has 0 fully saturated rings. The second-order valence-corrected chi connectivity index (χ2v) is 4.20. The molecule has 3 nitrogen and oxygen atoms in total. The first-order valence-corrected chi connectivity index (χ1v) is 5.40. The third-order valence-corrected chi connectivity index (χ3v) is 3.47. The predicted molar refractivity (Wildman–Crippen MR) is 61.5 cm³/mol. The zero-order valence-electron chi connectivity index (χ0n) is 10.0. The number of carbonyl (C=O) groups is 1. The predicted octanol–water partition coefficient (Wildman–Crippen LogP) is 2.64. The molecule has 3 heteroatoms. The summed E-state index contributed by atoms with van der Waals surface area (Å²) in [6, 6.07) is 3.65. The molecule has 2 unspecified atom stereocenters. The summed E-state index contributed by atoms with van der Waals surface area (Å²) >= 11 is 0. The lowest BCUT2D eigenvalue weighted by Gasteiger charge is -2.13. The van der Waals surface area contributed by atoms with Gasteiger partial charge in [-0.1, -0.05) is 13.8 Å². The van der Waals surface area contributed by atoms with E-state index in [9.17, 15) is 4.79 Å². The van der Waals surface area contributed by atoms with Crippen LogP contribution in [0, 0.1) is 5.92 Å². The Morgan fingerprint density at radius 3 is 2.12 bits per heavy atom. The minimum absolute atomic E-state index is 0.000185. The molecule has 2 atom stereocenters. The van der Waals surface area contributed by atoms with Crippen LogP contribution in [0.25, 0.3) is 0 Å². The van der Waals surface area contributed by atoms with Crippen molar-refractivity contribution in [3.63, 3.8) is 0 Å². The number of rotatable bonds is 2. The Bertz CT molecular complexity index is 437. The van der Waals surface area contributed by atoms with Crippen molar-refractivity contribution in [2.75, 3.05) is 14.2 Å². The standard InChI is InChI=1S/C13H16O3/c1-7-8(2)13(14)12-10(16-4)6-5-9(15-3)11(7)12/h5-8H,1-4H3. The van der Waals surface area contributed by atoms with Crippen LogP contribution in [-0.2, 0) is 0 Å². The van der Waals surface area contributed by atoms with Crippen molar-refractivity contribution in [2.45, 2.75) is 19.8 Å². The van der Waals surface area contributed by atoms with Crippen LogP contribution in [-0.4, -0.2) is 20.0 Å². The van der Waals surface area contributed by atoms with E-state index in [-0.39, 0.29) is 17.6 Å². The number of Topliss-reactive ketones (excluding diaryl/α,β-unsaturated/α-hetero) is 1. The molecule has 0 bridgehead atoms. The first-order valence-electron chi connectivity index (χ1n) is 5.40. The van der Waals surface area contributed by atoms with Gasteiger partial charge in [-0.3, -0.25) is 4.79 Å². The van der Waals surface area contributed by atoms with Gasteiger partial charge in [-0.25, -0.2) is 0 Å². The molecule has 0 aliphatic heterocycles. The molecule has 16 heavy (non-hydrogen) atoms. The second-order valence-electron chi connectivity index (χ2n) is 4.20. The van der Waals surface area contributed by atoms with Gasteiger partial charge in [0.15, 0.2) is 5.78 Å². The van der Waals surface area contributed by atoms with Crippen LogP contribution < -0.4 is 9.47 Å². The molecule has 0 spiro atoms. The van der Waals surface area contributed by atoms with Gasteiger partial charge in [0, 0.05) is 11.5 Å². The summed E-state index contributed by atoms with van der Waals surface area (Å²) in [5, 5.41) is 0. The van der Waals surface area contributed by atoms with Gasteiger partial charge in [0.1, 0.15) is 11.5 Å². The molecule has 2 rings (SSSR count). The lowest BCUT2D eigenvalue weighted by molar-refractivity contribution is 0.0934. The fourth-order valence-electron chi connectivity index (χ4n) is 2.34. The number of methoxy groups -OCH3 is 2. The van der Waals surface area contributed by atoms with Crippen molar-refractivity contribution < 1.29 is 14.3 Å². The Hall–Kier alpha value is -1.51. The second kappa shape index (κ2) is 3.81. The molecule has 0 radical (unpaired) electrons. The van der Waals surface area contributed by atoms with Gasteiger partial charge in [-0.15, -0.1) is 0 Å². The maximum Gasteiger partial charge on any atom is 0.170 e. The van der Waals surface area contributed by atoms with Crippen molar-refractivity contribution in [1.29, 1.82) is 0 Å². The summed E-state index contributed by atoms with van der Waals surface area (Å²) in [5.74, 6) is 1.77. The SMILES string of the molecule is COc1ccc(OC)c2c1C(=O)C(C)C2C. The number of fused-ring (bicyclic) bond motifs is 1. The maximum atomic E-state index is 12.1. The Balaban J connectivity index is 2.69. The normalized spacial score (nSPS) is 23.1.